The van der Waals surface area contributed by atoms with Crippen molar-refractivity contribution < 1.29 is 10.2 Å². The molecule has 7 heteroatoms. The molecule has 70 valence electrons. The van der Waals surface area contributed by atoms with Gasteiger partial charge in [-0.1, -0.05) is 0 Å². The van der Waals surface area contributed by atoms with Crippen molar-refractivity contribution in [1.82, 2.24) is 0 Å². The van der Waals surface area contributed by atoms with E-state index in [9.17, 15) is 5.21 Å². The van der Waals surface area contributed by atoms with E-state index in [1.165, 1.54) is 0 Å². The minimum absolute atomic E-state index is 0.424. The van der Waals surface area contributed by atoms with Crippen LogP contribution in [-0.2, 0) is 0 Å². The van der Waals surface area contributed by atoms with Gasteiger partial charge in [-0.05, 0) is 79.9 Å². The summed E-state index contributed by atoms with van der Waals surface area (Å²) in [5.74, 6) is 0. The number of halogens is 3. The first-order valence-corrected chi connectivity index (χ1v) is 6.26. The maximum absolute atomic E-state index is 10.3. The van der Waals surface area contributed by atoms with E-state index < -0.39 is 5.02 Å². The maximum atomic E-state index is 10.3. The predicted octanol–water partition coefficient (Wildman–Crippen LogP) is 3.48. The number of nitrogens with zero attached hydrogens (tertiary/aromatic N) is 2. The summed E-state index contributed by atoms with van der Waals surface area (Å²) >= 11 is 6.31. The fourth-order valence-corrected chi connectivity index (χ4v) is 4.51. The smallest absolute Gasteiger partial charge is 0.171 e. The zero-order valence-corrected chi connectivity index (χ0v) is 12.5. The summed E-state index contributed by atoms with van der Waals surface area (Å²) in [6.45, 7) is 0. The first-order chi connectivity index (χ1) is 6.00. The molecular weight excluding hydrogens is 513 g/mol. The predicted molar refractivity (Wildman–Crippen MR) is 72.1 cm³/mol. The van der Waals surface area contributed by atoms with E-state index in [2.05, 4.69) is 72.9 Å². The van der Waals surface area contributed by atoms with Crippen LogP contribution in [0.5, 0.6) is 0 Å². The second-order valence-corrected chi connectivity index (χ2v) is 5.64. The highest BCUT2D eigenvalue weighted by Crippen LogP contribution is 2.29. The lowest BCUT2D eigenvalue weighted by atomic mass is 10.3. The lowest BCUT2D eigenvalue weighted by molar-refractivity contribution is -0.774. The van der Waals surface area contributed by atoms with Crippen molar-refractivity contribution in [3.8, 4) is 0 Å². The molecular formula is C6H3I3N2O2. The number of hydrogen-bond acceptors (Lipinski definition) is 2. The molecule has 0 heterocycles. The van der Waals surface area contributed by atoms with Crippen molar-refractivity contribution in [2.45, 2.75) is 0 Å². The molecule has 0 saturated heterocycles. The van der Waals surface area contributed by atoms with Crippen LogP contribution in [0.4, 0.5) is 5.69 Å². The highest BCUT2D eigenvalue weighted by Gasteiger charge is 2.09. The molecule has 0 amide bonds. The van der Waals surface area contributed by atoms with E-state index in [4.69, 9.17) is 5.21 Å². The molecule has 0 radical (unpaired) electrons. The molecule has 0 aliphatic rings. The first kappa shape index (κ1) is 11.7. The van der Waals surface area contributed by atoms with Gasteiger partial charge in [0.2, 0.25) is 0 Å². The summed E-state index contributed by atoms with van der Waals surface area (Å²) in [6, 6.07) is 3.76. The van der Waals surface area contributed by atoms with Gasteiger partial charge in [0.25, 0.3) is 0 Å². The number of rotatable bonds is 1. The summed E-state index contributed by atoms with van der Waals surface area (Å²) in [5.41, 5.74) is 0.499. The van der Waals surface area contributed by atoms with Gasteiger partial charge in [0, 0.05) is 10.7 Å². The van der Waals surface area contributed by atoms with Crippen LogP contribution in [-0.4, -0.2) is 10.2 Å². The van der Waals surface area contributed by atoms with Crippen LogP contribution < -0.4 is 0 Å². The molecule has 0 bridgehead atoms. The normalized spacial score (nSPS) is 11.8. The monoisotopic (exact) mass is 516 g/mol. The Morgan fingerprint density at radius 3 is 2.08 bits per heavy atom. The van der Waals surface area contributed by atoms with E-state index in [1.807, 2.05) is 12.1 Å². The topological polar surface area (TPSA) is 58.7 Å². The molecule has 0 aromatic heterocycles. The van der Waals surface area contributed by atoms with Crippen LogP contribution >= 0.6 is 67.8 Å². The Labute approximate surface area is 115 Å². The van der Waals surface area contributed by atoms with E-state index in [0.29, 0.717) is 5.69 Å². The van der Waals surface area contributed by atoms with Crippen molar-refractivity contribution in [1.29, 1.82) is 0 Å². The Balaban J connectivity index is 3.29. The fourth-order valence-electron chi connectivity index (χ4n) is 0.716. The average molecular weight is 516 g/mol. The SMILES string of the molecule is [O-]/[N+](O)=N/c1c(I)cc(I)cc1I. The summed E-state index contributed by atoms with van der Waals surface area (Å²) in [6.07, 6.45) is 0. The van der Waals surface area contributed by atoms with Gasteiger partial charge in [-0.3, -0.25) is 0 Å². The summed E-state index contributed by atoms with van der Waals surface area (Å²) in [4.78, 5) is 0. The Hall–Kier alpha value is 0.610. The second-order valence-electron chi connectivity index (χ2n) is 2.07. The first-order valence-electron chi connectivity index (χ1n) is 3.03. The van der Waals surface area contributed by atoms with Crippen molar-refractivity contribution in [3.05, 3.63) is 28.1 Å². The van der Waals surface area contributed by atoms with E-state index >= 15 is 0 Å². The number of benzene rings is 1. The Morgan fingerprint density at radius 1 is 1.23 bits per heavy atom. The minimum atomic E-state index is -0.424. The molecule has 13 heavy (non-hydrogen) atoms. The third kappa shape index (κ3) is 3.34. The van der Waals surface area contributed by atoms with Gasteiger partial charge in [0.15, 0.2) is 10.7 Å². The van der Waals surface area contributed by atoms with Crippen LogP contribution in [0.3, 0.4) is 0 Å². The second kappa shape index (κ2) is 4.91. The lowest BCUT2D eigenvalue weighted by Crippen LogP contribution is -1.91. The van der Waals surface area contributed by atoms with Crippen molar-refractivity contribution >= 4 is 73.5 Å². The average Bonchev–Trinajstić information content (AvgIpc) is 1.96. The number of hydrogen-bond donors (Lipinski definition) is 1. The molecule has 0 aliphatic heterocycles. The molecule has 0 fully saturated rings. The van der Waals surface area contributed by atoms with Gasteiger partial charge in [0.05, 0.1) is 5.11 Å². The van der Waals surface area contributed by atoms with Gasteiger partial charge >= 0.3 is 0 Å². The van der Waals surface area contributed by atoms with Crippen molar-refractivity contribution in [2.75, 3.05) is 0 Å². The van der Waals surface area contributed by atoms with Crippen LogP contribution in [0.15, 0.2) is 17.2 Å². The van der Waals surface area contributed by atoms with Gasteiger partial charge in [0.1, 0.15) is 0 Å². The maximum Gasteiger partial charge on any atom is 0.171 e. The minimum Gasteiger partial charge on any atom is -0.394 e. The molecule has 4 nitrogen and oxygen atoms in total. The Morgan fingerprint density at radius 2 is 1.69 bits per heavy atom. The van der Waals surface area contributed by atoms with Gasteiger partial charge in [-0.25, -0.2) is 5.21 Å². The summed E-state index contributed by atoms with van der Waals surface area (Å²) in [7, 11) is 0. The third-order valence-electron chi connectivity index (χ3n) is 1.17. The molecule has 1 aromatic rings. The molecule has 1 N–H and O–H groups in total. The molecule has 0 saturated carbocycles. The van der Waals surface area contributed by atoms with E-state index in [0.717, 1.165) is 10.7 Å². The van der Waals surface area contributed by atoms with Crippen LogP contribution in [0.1, 0.15) is 0 Å². The van der Waals surface area contributed by atoms with Crippen LogP contribution in [0, 0.1) is 15.9 Å². The molecule has 0 aliphatic carbocycles. The van der Waals surface area contributed by atoms with Crippen LogP contribution in [0.2, 0.25) is 0 Å². The van der Waals surface area contributed by atoms with Crippen molar-refractivity contribution in [3.63, 3.8) is 0 Å². The van der Waals surface area contributed by atoms with E-state index in [-0.39, 0.29) is 0 Å². The largest absolute Gasteiger partial charge is 0.394 e. The molecule has 1 rings (SSSR count). The fraction of sp³-hybridized carbons (Fsp3) is 0. The quantitative estimate of drug-likeness (QED) is 0.354. The molecule has 1 aromatic carbocycles. The van der Waals surface area contributed by atoms with Crippen molar-refractivity contribution in [2.24, 2.45) is 5.11 Å². The van der Waals surface area contributed by atoms with E-state index in [1.54, 1.807) is 0 Å². The highest BCUT2D eigenvalue weighted by molar-refractivity contribution is 14.1. The Kier molecular flexibility index (Phi) is 4.41. The zero-order valence-electron chi connectivity index (χ0n) is 6.04. The van der Waals surface area contributed by atoms with Gasteiger partial charge in [-0.2, -0.15) is 0 Å². The van der Waals surface area contributed by atoms with Crippen LogP contribution in [0.25, 0.3) is 0 Å². The zero-order chi connectivity index (χ0) is 10.0. The van der Waals surface area contributed by atoms with Gasteiger partial charge < -0.3 is 5.21 Å². The molecule has 0 unspecified atom stereocenters. The lowest BCUT2D eigenvalue weighted by Gasteiger charge is -1.99. The molecule has 0 spiro atoms. The standard InChI is InChI=1S/C6H3I3N2O2/c7-3-1-4(8)6(5(9)2-3)10-11(12)13/h1-2H,(H,10,12,13). The Bertz CT molecular complexity index is 340. The summed E-state index contributed by atoms with van der Waals surface area (Å²) in [5, 5.41) is 21.7. The summed E-state index contributed by atoms with van der Waals surface area (Å²) < 4.78 is 2.74. The third-order valence-corrected chi connectivity index (χ3v) is 3.43. The molecule has 0 atom stereocenters. The van der Waals surface area contributed by atoms with Gasteiger partial charge in [-0.15, -0.1) is 0 Å². The highest BCUT2D eigenvalue weighted by atomic mass is 127.